The number of carbonyl (C=O) groups is 3. The smallest absolute Gasteiger partial charge is 0.221 e. The molecule has 0 heterocycles. The summed E-state index contributed by atoms with van der Waals surface area (Å²) in [6.07, 6.45) is 2.07. The van der Waals surface area contributed by atoms with Gasteiger partial charge in [-0.05, 0) is 32.4 Å². The second-order valence-electron chi connectivity index (χ2n) is 7.17. The van der Waals surface area contributed by atoms with E-state index < -0.39 is 0 Å². The molecule has 24 heavy (non-hydrogen) atoms. The third-order valence-electron chi connectivity index (χ3n) is 3.83. The summed E-state index contributed by atoms with van der Waals surface area (Å²) in [6.45, 7) is 7.34. The van der Waals surface area contributed by atoms with Gasteiger partial charge in [0.15, 0.2) is 11.6 Å². The van der Waals surface area contributed by atoms with Crippen LogP contribution in [0.15, 0.2) is 36.0 Å². The monoisotopic (exact) mass is 328 g/mol. The van der Waals surface area contributed by atoms with E-state index >= 15 is 0 Å². The highest BCUT2D eigenvalue weighted by molar-refractivity contribution is 6.22. The van der Waals surface area contributed by atoms with Gasteiger partial charge in [0.2, 0.25) is 5.91 Å². The summed E-state index contributed by atoms with van der Waals surface area (Å²) >= 11 is 0. The number of ketones is 2. The maximum atomic E-state index is 12.4. The summed E-state index contributed by atoms with van der Waals surface area (Å²) in [6, 6.07) is 7.32. The van der Waals surface area contributed by atoms with Gasteiger partial charge in [0.05, 0.1) is 5.57 Å². The van der Waals surface area contributed by atoms with Gasteiger partial charge in [0, 0.05) is 43.1 Å². The minimum absolute atomic E-state index is 0.161. The number of allylic oxidation sites excluding steroid dienone is 1. The molecule has 0 aromatic heterocycles. The van der Waals surface area contributed by atoms with Crippen molar-refractivity contribution < 1.29 is 14.4 Å². The third-order valence-corrected chi connectivity index (χ3v) is 3.83. The van der Waals surface area contributed by atoms with Gasteiger partial charge in [-0.3, -0.25) is 14.4 Å². The fraction of sp³-hybridized carbons (Fsp3) is 0.421. The predicted octanol–water partition coefficient (Wildman–Crippen LogP) is 2.93. The van der Waals surface area contributed by atoms with Crippen molar-refractivity contribution in [2.45, 2.75) is 52.0 Å². The molecule has 5 nitrogen and oxygen atoms in total. The van der Waals surface area contributed by atoms with Gasteiger partial charge in [-0.15, -0.1) is 0 Å². The highest BCUT2D eigenvalue weighted by Crippen LogP contribution is 2.35. The highest BCUT2D eigenvalue weighted by atomic mass is 16.2. The van der Waals surface area contributed by atoms with Crippen LogP contribution < -0.4 is 10.6 Å². The molecule has 2 rings (SSSR count). The van der Waals surface area contributed by atoms with E-state index in [9.17, 15) is 14.4 Å². The molecule has 1 amide bonds. The minimum Gasteiger partial charge on any atom is -0.386 e. The summed E-state index contributed by atoms with van der Waals surface area (Å²) in [5, 5.41) is 5.85. The molecule has 2 N–H and O–H groups in total. The van der Waals surface area contributed by atoms with Crippen LogP contribution in [0.2, 0.25) is 0 Å². The number of hydrogen-bond donors (Lipinski definition) is 2. The lowest BCUT2D eigenvalue weighted by Crippen LogP contribution is -2.34. The number of amides is 1. The van der Waals surface area contributed by atoms with Crippen molar-refractivity contribution in [3.05, 3.63) is 41.6 Å². The average molecular weight is 328 g/mol. The van der Waals surface area contributed by atoms with Crippen molar-refractivity contribution in [1.82, 2.24) is 5.32 Å². The van der Waals surface area contributed by atoms with Gasteiger partial charge in [0.25, 0.3) is 0 Å². The molecule has 1 fully saturated rings. The van der Waals surface area contributed by atoms with Crippen molar-refractivity contribution in [2.75, 3.05) is 5.32 Å². The van der Waals surface area contributed by atoms with Crippen LogP contribution in [0.3, 0.4) is 0 Å². The van der Waals surface area contributed by atoms with Crippen molar-refractivity contribution >= 4 is 23.2 Å². The zero-order valence-corrected chi connectivity index (χ0v) is 14.6. The van der Waals surface area contributed by atoms with Gasteiger partial charge in [-0.1, -0.05) is 18.2 Å². The van der Waals surface area contributed by atoms with Crippen LogP contribution >= 0.6 is 0 Å². The Balaban J connectivity index is 2.22. The van der Waals surface area contributed by atoms with Gasteiger partial charge in [-0.25, -0.2) is 0 Å². The summed E-state index contributed by atoms with van der Waals surface area (Å²) in [7, 11) is 0. The van der Waals surface area contributed by atoms with Gasteiger partial charge in [-0.2, -0.15) is 0 Å². The van der Waals surface area contributed by atoms with E-state index in [1.807, 2.05) is 39.0 Å². The van der Waals surface area contributed by atoms with E-state index in [1.165, 1.54) is 6.92 Å². The third kappa shape index (κ3) is 4.54. The van der Waals surface area contributed by atoms with Crippen molar-refractivity contribution in [2.24, 2.45) is 0 Å². The van der Waals surface area contributed by atoms with Crippen molar-refractivity contribution in [3.8, 4) is 0 Å². The molecule has 0 radical (unpaired) electrons. The number of rotatable bonds is 3. The average Bonchev–Trinajstić information content (AvgIpc) is 2.45. The van der Waals surface area contributed by atoms with Gasteiger partial charge in [0.1, 0.15) is 0 Å². The summed E-state index contributed by atoms with van der Waals surface area (Å²) in [5.74, 6) is -0.707. The second kappa shape index (κ2) is 6.99. The number of para-hydroxylation sites is 1. The second-order valence-corrected chi connectivity index (χ2v) is 7.17. The number of Topliss-reactive ketones (excluding diaryl/α,β-unsaturated/α-hetero) is 2. The lowest BCUT2D eigenvalue weighted by atomic mass is 9.79. The van der Waals surface area contributed by atoms with Crippen molar-refractivity contribution in [3.63, 3.8) is 0 Å². The van der Waals surface area contributed by atoms with Crippen LogP contribution in [0.4, 0.5) is 5.69 Å². The first kappa shape index (κ1) is 17.9. The Morgan fingerprint density at radius 2 is 1.71 bits per heavy atom. The quantitative estimate of drug-likeness (QED) is 0.661. The molecule has 0 saturated heterocycles. The standard InChI is InChI=1S/C19H24N2O3/c1-12(22)21-16-8-6-5-7-14(16)13-9-17(23)15(18(24)10-13)11-20-19(2,3)4/h5-8,11,13,20H,9-10H2,1-4H3,(H,21,22). The Morgan fingerprint density at radius 1 is 1.12 bits per heavy atom. The van der Waals surface area contributed by atoms with Gasteiger partial charge >= 0.3 is 0 Å². The van der Waals surface area contributed by atoms with Gasteiger partial charge < -0.3 is 10.6 Å². The van der Waals surface area contributed by atoms with Crippen LogP contribution in [-0.4, -0.2) is 23.0 Å². The Morgan fingerprint density at radius 3 is 2.25 bits per heavy atom. The summed E-state index contributed by atoms with van der Waals surface area (Å²) in [4.78, 5) is 36.2. The van der Waals surface area contributed by atoms with E-state index in [0.717, 1.165) is 5.56 Å². The molecule has 0 aliphatic heterocycles. The number of anilines is 1. The highest BCUT2D eigenvalue weighted by Gasteiger charge is 2.32. The Kier molecular flexibility index (Phi) is 5.22. The lowest BCUT2D eigenvalue weighted by Gasteiger charge is -2.25. The topological polar surface area (TPSA) is 75.3 Å². The van der Waals surface area contributed by atoms with E-state index in [-0.39, 0.29) is 47.3 Å². The van der Waals surface area contributed by atoms with E-state index in [2.05, 4.69) is 10.6 Å². The summed E-state index contributed by atoms with van der Waals surface area (Å²) < 4.78 is 0. The van der Waals surface area contributed by atoms with Crippen molar-refractivity contribution in [1.29, 1.82) is 0 Å². The molecule has 1 aliphatic rings. The Hall–Kier alpha value is -2.43. The number of carbonyl (C=O) groups excluding carboxylic acids is 3. The number of hydrogen-bond acceptors (Lipinski definition) is 4. The molecule has 1 aliphatic carbocycles. The first-order valence-corrected chi connectivity index (χ1v) is 8.08. The van der Waals surface area contributed by atoms with E-state index in [1.54, 1.807) is 12.3 Å². The van der Waals surface area contributed by atoms with Crippen LogP contribution in [0.25, 0.3) is 0 Å². The SMILES string of the molecule is CC(=O)Nc1ccccc1C1CC(=O)C(=CNC(C)(C)C)C(=O)C1. The van der Waals surface area contributed by atoms with Crippen LogP contribution in [0.1, 0.15) is 52.0 Å². The molecular weight excluding hydrogens is 304 g/mol. The van der Waals surface area contributed by atoms with Crippen LogP contribution in [-0.2, 0) is 14.4 Å². The van der Waals surface area contributed by atoms with E-state index in [4.69, 9.17) is 0 Å². The summed E-state index contributed by atoms with van der Waals surface area (Å²) in [5.41, 5.74) is 1.52. The Labute approximate surface area is 142 Å². The zero-order chi connectivity index (χ0) is 17.9. The fourth-order valence-corrected chi connectivity index (χ4v) is 2.72. The maximum absolute atomic E-state index is 12.4. The number of nitrogens with one attached hydrogen (secondary N) is 2. The lowest BCUT2D eigenvalue weighted by molar-refractivity contribution is -0.124. The molecule has 0 atom stereocenters. The first-order valence-electron chi connectivity index (χ1n) is 8.08. The molecule has 128 valence electrons. The van der Waals surface area contributed by atoms with Crippen LogP contribution in [0, 0.1) is 0 Å². The molecular formula is C19H24N2O3. The molecule has 0 bridgehead atoms. The molecule has 1 saturated carbocycles. The van der Waals surface area contributed by atoms with E-state index in [0.29, 0.717) is 5.69 Å². The molecule has 1 aromatic carbocycles. The molecule has 0 spiro atoms. The molecule has 0 unspecified atom stereocenters. The fourth-order valence-electron chi connectivity index (χ4n) is 2.72. The largest absolute Gasteiger partial charge is 0.386 e. The predicted molar refractivity (Wildman–Crippen MR) is 93.7 cm³/mol. The van der Waals surface area contributed by atoms with Crippen LogP contribution in [0.5, 0.6) is 0 Å². The normalized spacial score (nSPS) is 18.3. The molecule has 1 aromatic rings. The molecule has 5 heteroatoms. The zero-order valence-electron chi connectivity index (χ0n) is 14.6. The number of benzene rings is 1. The first-order chi connectivity index (χ1) is 11.2. The minimum atomic E-state index is -0.208. The maximum Gasteiger partial charge on any atom is 0.221 e. The Bertz CT molecular complexity index is 679.